The summed E-state index contributed by atoms with van der Waals surface area (Å²) in [5.74, 6) is 2.12. The van der Waals surface area contributed by atoms with Crippen molar-refractivity contribution in [2.75, 3.05) is 18.8 Å². The van der Waals surface area contributed by atoms with Crippen molar-refractivity contribution in [3.8, 4) is 0 Å². The van der Waals surface area contributed by atoms with Crippen molar-refractivity contribution in [2.24, 2.45) is 0 Å². The fraction of sp³-hybridized carbons (Fsp3) is 1.00. The standard InChI is InChI=1S/C10H21OS.Li/c1-3-4-5-6-7-8-9-12-10-11-2;/h1,3-10H2,2H3;. The van der Waals surface area contributed by atoms with E-state index in [9.17, 15) is 0 Å². The average molecular weight is 196 g/mol. The minimum absolute atomic E-state index is 0.857. The summed E-state index contributed by atoms with van der Waals surface area (Å²) in [4.78, 5) is 0. The molecule has 0 amide bonds. The summed E-state index contributed by atoms with van der Waals surface area (Å²) in [6, 6.07) is 0. The number of hydrogen-bond acceptors (Lipinski definition) is 2. The van der Waals surface area contributed by atoms with E-state index in [2.05, 4.69) is 17.7 Å². The molecule has 1 nitrogen and oxygen atoms in total. The van der Waals surface area contributed by atoms with Crippen molar-refractivity contribution in [1.29, 1.82) is 0 Å². The number of unbranched alkanes of at least 4 members (excludes halogenated alkanes) is 5. The maximum atomic E-state index is 4.96. The molecule has 74 valence electrons. The van der Waals surface area contributed by atoms with Crippen LogP contribution >= 0.6 is 11.8 Å². The van der Waals surface area contributed by atoms with E-state index in [0.29, 0.717) is 0 Å². The second-order valence-electron chi connectivity index (χ2n) is 3.44. The molecule has 3 heteroatoms. The Kier molecular flexibility index (Phi) is 13.8. The van der Waals surface area contributed by atoms with Gasteiger partial charge in [0.15, 0.2) is 0 Å². The second kappa shape index (κ2) is 12.9. The van der Waals surface area contributed by atoms with Crippen LogP contribution in [0.3, 0.4) is 0 Å². The van der Waals surface area contributed by atoms with Crippen LogP contribution in [0.15, 0.2) is 0 Å². The van der Waals surface area contributed by atoms with Crippen molar-refractivity contribution < 1.29 is 4.74 Å². The third kappa shape index (κ3) is 12.9. The molecule has 0 saturated heterocycles. The zero-order chi connectivity index (χ0) is 9.78. The quantitative estimate of drug-likeness (QED) is 0.301. The van der Waals surface area contributed by atoms with E-state index in [1.54, 1.807) is 7.11 Å². The van der Waals surface area contributed by atoms with Gasteiger partial charge in [0.25, 0.3) is 0 Å². The van der Waals surface area contributed by atoms with Gasteiger partial charge in [-0.15, -0.1) is 0 Å². The minimum atomic E-state index is 0.857. The summed E-state index contributed by atoms with van der Waals surface area (Å²) in [5.41, 5.74) is 0. The Morgan fingerprint density at radius 2 is 1.62 bits per heavy atom. The molecule has 0 unspecified atom stereocenters. The predicted octanol–water partition coefficient (Wildman–Crippen LogP) is 3.25. The molecule has 13 heavy (non-hydrogen) atoms. The van der Waals surface area contributed by atoms with Crippen molar-refractivity contribution in [3.63, 3.8) is 0 Å². The Bertz CT molecular complexity index is 81.0. The Hall–Kier alpha value is 0.907. The van der Waals surface area contributed by atoms with E-state index < -0.39 is 0 Å². The molecule has 0 aromatic rings. The van der Waals surface area contributed by atoms with Crippen molar-refractivity contribution >= 4 is 29.5 Å². The predicted molar refractivity (Wildman–Crippen MR) is 62.6 cm³/mol. The molecule has 0 aromatic carbocycles. The van der Waals surface area contributed by atoms with E-state index >= 15 is 0 Å². The van der Waals surface area contributed by atoms with Crippen LogP contribution in [0.1, 0.15) is 38.5 Å². The number of methoxy groups -OCH3 is 1. The van der Waals surface area contributed by atoms with Gasteiger partial charge in [-0.2, -0.15) is 0 Å². The van der Waals surface area contributed by atoms with Gasteiger partial charge in [-0.05, 0) is 0 Å². The zero-order valence-corrected chi connectivity index (χ0v) is 10.00. The van der Waals surface area contributed by atoms with Crippen molar-refractivity contribution in [2.45, 2.75) is 43.6 Å². The molecule has 0 aliphatic heterocycles. The molecule has 0 heterocycles. The molecule has 0 aromatic heterocycles. The van der Waals surface area contributed by atoms with Crippen molar-refractivity contribution in [3.05, 3.63) is 0 Å². The number of hydrogen-bond donors (Lipinski definition) is 0. The molecule has 0 aliphatic rings. The molecule has 0 radical (unpaired) electrons. The first kappa shape index (κ1) is 13.9. The molecule has 0 rings (SSSR count). The summed E-state index contributed by atoms with van der Waals surface area (Å²) >= 11 is 4.16. The number of thioether (sulfide) groups is 1. The van der Waals surface area contributed by atoms with Gasteiger partial charge in [-0.3, -0.25) is 0 Å². The van der Waals surface area contributed by atoms with Crippen LogP contribution in [-0.2, 0) is 4.74 Å². The third-order valence-corrected chi connectivity index (χ3v) is 3.07. The zero-order valence-electron chi connectivity index (χ0n) is 9.18. The van der Waals surface area contributed by atoms with E-state index in [0.717, 1.165) is 5.94 Å². The number of ether oxygens (including phenoxy) is 1. The molecule has 0 saturated carbocycles. The molecular weight excluding hydrogens is 175 g/mol. The van der Waals surface area contributed by atoms with E-state index in [1.165, 1.54) is 49.4 Å². The Morgan fingerprint density at radius 3 is 2.23 bits per heavy atom. The molecule has 0 fully saturated rings. The summed E-state index contributed by atoms with van der Waals surface area (Å²) in [6.45, 7) is 0. The van der Waals surface area contributed by atoms with Gasteiger partial charge in [0.1, 0.15) is 0 Å². The SMILES string of the molecule is [Li][CH2]CCCCCCCSCOC. The van der Waals surface area contributed by atoms with E-state index in [1.807, 2.05) is 11.8 Å². The fourth-order valence-corrected chi connectivity index (χ4v) is 2.00. The van der Waals surface area contributed by atoms with E-state index in [4.69, 9.17) is 4.74 Å². The topological polar surface area (TPSA) is 9.23 Å². The Balaban J connectivity index is 2.76. The Morgan fingerprint density at radius 1 is 1.00 bits per heavy atom. The molecule has 0 atom stereocenters. The van der Waals surface area contributed by atoms with Gasteiger partial charge in [-0.1, -0.05) is 0 Å². The van der Waals surface area contributed by atoms with Crippen molar-refractivity contribution in [1.82, 2.24) is 0 Å². The van der Waals surface area contributed by atoms with Crippen LogP contribution in [0.2, 0.25) is 5.09 Å². The molecule has 0 N–H and O–H groups in total. The monoisotopic (exact) mass is 196 g/mol. The van der Waals surface area contributed by atoms with Crippen LogP contribution in [0.5, 0.6) is 0 Å². The molecule has 0 spiro atoms. The van der Waals surface area contributed by atoms with Crippen LogP contribution in [0, 0.1) is 0 Å². The number of rotatable bonds is 10. The van der Waals surface area contributed by atoms with Crippen LogP contribution in [0.4, 0.5) is 0 Å². The summed E-state index contributed by atoms with van der Waals surface area (Å²) in [6.07, 6.45) is 8.47. The van der Waals surface area contributed by atoms with Crippen LogP contribution in [-0.4, -0.2) is 36.5 Å². The third-order valence-electron chi connectivity index (χ3n) is 2.09. The first-order valence-corrected chi connectivity index (χ1v) is 6.64. The van der Waals surface area contributed by atoms with Gasteiger partial charge in [0, 0.05) is 0 Å². The summed E-state index contributed by atoms with van der Waals surface area (Å²) in [5, 5.41) is 1.35. The molecular formula is C10H21LiOS. The van der Waals surface area contributed by atoms with Crippen LogP contribution in [0.25, 0.3) is 0 Å². The second-order valence-corrected chi connectivity index (χ2v) is 4.49. The molecule has 0 aliphatic carbocycles. The van der Waals surface area contributed by atoms with Gasteiger partial charge >= 0.3 is 96.6 Å². The van der Waals surface area contributed by atoms with Gasteiger partial charge in [0.05, 0.1) is 0 Å². The summed E-state index contributed by atoms with van der Waals surface area (Å²) < 4.78 is 4.96. The van der Waals surface area contributed by atoms with Crippen LogP contribution < -0.4 is 0 Å². The first-order valence-electron chi connectivity index (χ1n) is 5.48. The molecule has 0 bridgehead atoms. The average Bonchev–Trinajstić information content (AvgIpc) is 2.16. The van der Waals surface area contributed by atoms with Gasteiger partial charge in [-0.25, -0.2) is 0 Å². The van der Waals surface area contributed by atoms with Gasteiger partial charge < -0.3 is 0 Å². The fourth-order valence-electron chi connectivity index (χ4n) is 1.30. The normalized spacial score (nSPS) is 10.7. The first-order chi connectivity index (χ1) is 6.41. The van der Waals surface area contributed by atoms with Gasteiger partial charge in [0.2, 0.25) is 0 Å². The maximum absolute atomic E-state index is 4.96. The Labute approximate surface area is 96.6 Å². The summed E-state index contributed by atoms with van der Waals surface area (Å²) in [7, 11) is 1.76. The van der Waals surface area contributed by atoms with E-state index in [-0.39, 0.29) is 0 Å².